The second kappa shape index (κ2) is 2.54. The summed E-state index contributed by atoms with van der Waals surface area (Å²) in [5.41, 5.74) is 2.62. The lowest BCUT2D eigenvalue weighted by Crippen LogP contribution is -1.79. The van der Waals surface area contributed by atoms with Crippen molar-refractivity contribution in [1.29, 1.82) is 0 Å². The summed E-state index contributed by atoms with van der Waals surface area (Å²) in [6.45, 7) is 3.73. The zero-order valence-electron chi connectivity index (χ0n) is 6.51. The standard InChI is InChI=1S/C11H11/c1-2-9-4-3-5-11(8-9)10-6-7-10/h2,4-5,8,10H,1,6-7H2. The Morgan fingerprint density at radius 1 is 1.45 bits per heavy atom. The molecule has 0 aliphatic heterocycles. The highest BCUT2D eigenvalue weighted by molar-refractivity contribution is 5.48. The molecule has 0 heterocycles. The van der Waals surface area contributed by atoms with Crippen LogP contribution in [-0.2, 0) is 0 Å². The van der Waals surface area contributed by atoms with Gasteiger partial charge in [0.15, 0.2) is 0 Å². The summed E-state index contributed by atoms with van der Waals surface area (Å²) >= 11 is 0. The number of hydrogen-bond donors (Lipinski definition) is 0. The Hall–Kier alpha value is -1.04. The van der Waals surface area contributed by atoms with Gasteiger partial charge in [0, 0.05) is 0 Å². The van der Waals surface area contributed by atoms with Crippen molar-refractivity contribution < 1.29 is 0 Å². The maximum atomic E-state index is 3.73. The molecule has 0 unspecified atom stereocenters. The van der Waals surface area contributed by atoms with Crippen LogP contribution in [0.25, 0.3) is 6.08 Å². The number of hydrogen-bond acceptors (Lipinski definition) is 0. The third kappa shape index (κ3) is 1.35. The molecule has 1 aliphatic rings. The van der Waals surface area contributed by atoms with Gasteiger partial charge < -0.3 is 0 Å². The summed E-state index contributed by atoms with van der Waals surface area (Å²) < 4.78 is 0. The van der Waals surface area contributed by atoms with Crippen LogP contribution < -0.4 is 0 Å². The fraction of sp³-hybridized carbons (Fsp3) is 0.273. The molecule has 0 amide bonds. The SMILES string of the molecule is C=Cc1c[c]cc(C2CC2)c1. The molecule has 0 saturated heterocycles. The molecule has 0 nitrogen and oxygen atoms in total. The first-order valence-corrected chi connectivity index (χ1v) is 4.03. The van der Waals surface area contributed by atoms with Crippen molar-refractivity contribution in [2.75, 3.05) is 0 Å². The van der Waals surface area contributed by atoms with Gasteiger partial charge in [-0.2, -0.15) is 0 Å². The quantitative estimate of drug-likeness (QED) is 0.597. The van der Waals surface area contributed by atoms with Gasteiger partial charge in [-0.3, -0.25) is 0 Å². The van der Waals surface area contributed by atoms with E-state index < -0.39 is 0 Å². The lowest BCUT2D eigenvalue weighted by atomic mass is 10.1. The number of rotatable bonds is 2. The van der Waals surface area contributed by atoms with E-state index >= 15 is 0 Å². The molecule has 1 aromatic rings. The molecule has 0 aromatic heterocycles. The summed E-state index contributed by atoms with van der Waals surface area (Å²) in [5, 5.41) is 0. The van der Waals surface area contributed by atoms with Crippen LogP contribution in [0.15, 0.2) is 24.8 Å². The van der Waals surface area contributed by atoms with Gasteiger partial charge in [-0.1, -0.05) is 24.8 Å². The Balaban J connectivity index is 2.33. The Bertz CT molecular complexity index is 269. The molecule has 0 heteroatoms. The van der Waals surface area contributed by atoms with Crippen LogP contribution in [-0.4, -0.2) is 0 Å². The minimum atomic E-state index is 0.825. The summed E-state index contributed by atoms with van der Waals surface area (Å²) in [7, 11) is 0. The van der Waals surface area contributed by atoms with Crippen LogP contribution in [0.2, 0.25) is 0 Å². The van der Waals surface area contributed by atoms with Crippen LogP contribution in [0.1, 0.15) is 29.9 Å². The second-order valence-corrected chi connectivity index (χ2v) is 3.08. The van der Waals surface area contributed by atoms with Crippen LogP contribution >= 0.6 is 0 Å². The van der Waals surface area contributed by atoms with Crippen molar-refractivity contribution in [2.45, 2.75) is 18.8 Å². The highest BCUT2D eigenvalue weighted by atomic mass is 14.3. The molecule has 0 atom stereocenters. The van der Waals surface area contributed by atoms with Crippen molar-refractivity contribution in [1.82, 2.24) is 0 Å². The van der Waals surface area contributed by atoms with E-state index in [1.54, 1.807) is 0 Å². The van der Waals surface area contributed by atoms with Crippen LogP contribution in [0.5, 0.6) is 0 Å². The van der Waals surface area contributed by atoms with E-state index in [4.69, 9.17) is 0 Å². The first-order chi connectivity index (χ1) is 5.40. The van der Waals surface area contributed by atoms with E-state index in [2.05, 4.69) is 24.8 Å². The largest absolute Gasteiger partial charge is 0.0985 e. The topological polar surface area (TPSA) is 0 Å². The minimum absolute atomic E-state index is 0.825. The summed E-state index contributed by atoms with van der Waals surface area (Å²) in [6.07, 6.45) is 4.59. The summed E-state index contributed by atoms with van der Waals surface area (Å²) in [6, 6.07) is 9.40. The van der Waals surface area contributed by atoms with Gasteiger partial charge in [0.1, 0.15) is 0 Å². The maximum Gasteiger partial charge on any atom is -0.0161 e. The predicted octanol–water partition coefficient (Wildman–Crippen LogP) is 3.01. The van der Waals surface area contributed by atoms with Crippen LogP contribution in [0.3, 0.4) is 0 Å². The molecular weight excluding hydrogens is 132 g/mol. The monoisotopic (exact) mass is 143 g/mol. The van der Waals surface area contributed by atoms with Crippen molar-refractivity contribution in [3.8, 4) is 0 Å². The zero-order valence-corrected chi connectivity index (χ0v) is 6.51. The summed E-state index contributed by atoms with van der Waals surface area (Å²) in [4.78, 5) is 0. The molecule has 1 fully saturated rings. The molecule has 2 rings (SSSR count). The molecule has 0 spiro atoms. The average molecular weight is 143 g/mol. The molecule has 0 N–H and O–H groups in total. The van der Waals surface area contributed by atoms with Crippen molar-refractivity contribution in [3.63, 3.8) is 0 Å². The number of benzene rings is 1. The van der Waals surface area contributed by atoms with E-state index in [0.29, 0.717) is 0 Å². The molecule has 1 radical (unpaired) electrons. The molecule has 11 heavy (non-hydrogen) atoms. The molecule has 1 aromatic carbocycles. The smallest absolute Gasteiger partial charge is 0.0161 e. The highest BCUT2D eigenvalue weighted by Gasteiger charge is 2.22. The van der Waals surface area contributed by atoms with E-state index in [0.717, 1.165) is 5.92 Å². The first-order valence-electron chi connectivity index (χ1n) is 4.03. The van der Waals surface area contributed by atoms with Crippen molar-refractivity contribution in [3.05, 3.63) is 42.0 Å². The zero-order chi connectivity index (χ0) is 7.68. The lowest BCUT2D eigenvalue weighted by molar-refractivity contribution is 1.13. The highest BCUT2D eigenvalue weighted by Crippen LogP contribution is 2.40. The second-order valence-electron chi connectivity index (χ2n) is 3.08. The van der Waals surface area contributed by atoms with Gasteiger partial charge >= 0.3 is 0 Å². The normalized spacial score (nSPS) is 16.4. The van der Waals surface area contributed by atoms with E-state index in [9.17, 15) is 0 Å². The predicted molar refractivity (Wildman–Crippen MR) is 47.3 cm³/mol. The third-order valence-corrected chi connectivity index (χ3v) is 2.12. The van der Waals surface area contributed by atoms with Gasteiger partial charge in [0.25, 0.3) is 0 Å². The molecule has 1 saturated carbocycles. The maximum absolute atomic E-state index is 3.73. The molecule has 1 aliphatic carbocycles. The Labute approximate surface area is 67.6 Å². The first kappa shape index (κ1) is 6.66. The lowest BCUT2D eigenvalue weighted by Gasteiger charge is -1.97. The Morgan fingerprint density at radius 2 is 2.27 bits per heavy atom. The van der Waals surface area contributed by atoms with Gasteiger partial charge in [-0.15, -0.1) is 0 Å². The molecular formula is C11H11. The van der Waals surface area contributed by atoms with Crippen molar-refractivity contribution in [2.24, 2.45) is 0 Å². The third-order valence-electron chi connectivity index (χ3n) is 2.12. The van der Waals surface area contributed by atoms with Crippen molar-refractivity contribution >= 4 is 6.08 Å². The van der Waals surface area contributed by atoms with E-state index in [-0.39, 0.29) is 0 Å². The summed E-state index contributed by atoms with van der Waals surface area (Å²) in [5.74, 6) is 0.825. The fourth-order valence-electron chi connectivity index (χ4n) is 1.28. The molecule has 55 valence electrons. The van der Waals surface area contributed by atoms with Crippen LogP contribution in [0.4, 0.5) is 0 Å². The fourth-order valence-corrected chi connectivity index (χ4v) is 1.28. The van der Waals surface area contributed by atoms with E-state index in [1.807, 2.05) is 12.1 Å². The van der Waals surface area contributed by atoms with Gasteiger partial charge in [0.05, 0.1) is 0 Å². The van der Waals surface area contributed by atoms with Crippen LogP contribution in [0, 0.1) is 6.07 Å². The Morgan fingerprint density at radius 3 is 2.91 bits per heavy atom. The van der Waals surface area contributed by atoms with Gasteiger partial charge in [0.2, 0.25) is 0 Å². The average Bonchev–Trinajstić information content (AvgIpc) is 2.87. The van der Waals surface area contributed by atoms with E-state index in [1.165, 1.54) is 24.0 Å². The van der Waals surface area contributed by atoms with Gasteiger partial charge in [-0.25, -0.2) is 0 Å². The molecule has 0 bridgehead atoms. The van der Waals surface area contributed by atoms with Gasteiger partial charge in [-0.05, 0) is 42.0 Å². The minimum Gasteiger partial charge on any atom is -0.0985 e. The Kier molecular flexibility index (Phi) is 1.54.